The van der Waals surface area contributed by atoms with E-state index in [0.717, 1.165) is 30.6 Å². The maximum Gasteiger partial charge on any atom is 0.343 e. The van der Waals surface area contributed by atoms with Crippen molar-refractivity contribution in [3.05, 3.63) is 76.9 Å². The topological polar surface area (TPSA) is 29.5 Å². The van der Waals surface area contributed by atoms with Gasteiger partial charge in [-0.05, 0) is 55.7 Å². The number of aryl methyl sites for hydroxylation is 1. The van der Waals surface area contributed by atoms with Gasteiger partial charge in [0.25, 0.3) is 0 Å². The van der Waals surface area contributed by atoms with Gasteiger partial charge >= 0.3 is 5.97 Å². The van der Waals surface area contributed by atoms with Crippen LogP contribution in [0.4, 0.5) is 5.69 Å². The summed E-state index contributed by atoms with van der Waals surface area (Å²) in [5.74, 6) is 0.316. The molecule has 1 aliphatic heterocycles. The average molecular weight is 347 g/mol. The molecule has 26 heavy (non-hydrogen) atoms. The molecule has 134 valence electrons. The molecule has 1 heterocycles. The Labute approximate surface area is 155 Å². The van der Waals surface area contributed by atoms with E-state index in [9.17, 15) is 4.79 Å². The van der Waals surface area contributed by atoms with Crippen molar-refractivity contribution >= 4 is 23.5 Å². The van der Waals surface area contributed by atoms with Crippen LogP contribution in [0, 0.1) is 0 Å². The molecular weight excluding hydrogens is 322 g/mol. The maximum atomic E-state index is 12.2. The number of carbonyl (C=O) groups is 1. The van der Waals surface area contributed by atoms with Gasteiger partial charge < -0.3 is 9.64 Å². The summed E-state index contributed by atoms with van der Waals surface area (Å²) < 4.78 is 5.45. The Hall–Kier alpha value is -2.81. The van der Waals surface area contributed by atoms with Gasteiger partial charge in [0.1, 0.15) is 5.76 Å². The van der Waals surface area contributed by atoms with E-state index in [2.05, 4.69) is 49.9 Å². The van der Waals surface area contributed by atoms with Crippen LogP contribution in [-0.4, -0.2) is 19.1 Å². The Bertz CT molecular complexity index is 826. The number of anilines is 1. The highest BCUT2D eigenvalue weighted by Crippen LogP contribution is 2.28. The predicted octanol–water partition coefficient (Wildman–Crippen LogP) is 5.08. The second kappa shape index (κ2) is 8.05. The molecule has 0 bridgehead atoms. The predicted molar refractivity (Wildman–Crippen MR) is 108 cm³/mol. The molecule has 0 unspecified atom stereocenters. The van der Waals surface area contributed by atoms with Gasteiger partial charge in [0.05, 0.1) is 5.57 Å². The standard InChI is InChI=1S/C23H25NO2/c1-4-17-7-11-19(12-8-17)22-16-20(23(25)26-22)15-18-9-13-21(14-10-18)24(5-2)6-3/h7-16H,4-6H2,1-3H3/b20-15-. The highest BCUT2D eigenvalue weighted by molar-refractivity contribution is 6.05. The SMILES string of the molecule is CCc1ccc(C2=C/C(=C/c3ccc(N(CC)CC)cc3)C(=O)O2)cc1. The molecule has 0 saturated heterocycles. The van der Waals surface area contributed by atoms with Crippen LogP contribution in [0.2, 0.25) is 0 Å². The molecule has 0 saturated carbocycles. The normalized spacial score (nSPS) is 15.1. The summed E-state index contributed by atoms with van der Waals surface area (Å²) in [6.45, 7) is 8.37. The van der Waals surface area contributed by atoms with E-state index >= 15 is 0 Å². The lowest BCUT2D eigenvalue weighted by molar-refractivity contribution is -0.130. The molecule has 1 aliphatic rings. The number of esters is 1. The van der Waals surface area contributed by atoms with Crippen molar-refractivity contribution in [2.24, 2.45) is 0 Å². The summed E-state index contributed by atoms with van der Waals surface area (Å²) in [6, 6.07) is 16.4. The number of benzene rings is 2. The van der Waals surface area contributed by atoms with Crippen LogP contribution in [0.25, 0.3) is 11.8 Å². The third-order valence-corrected chi connectivity index (χ3v) is 4.72. The Balaban J connectivity index is 1.81. The van der Waals surface area contributed by atoms with Gasteiger partial charge in [0, 0.05) is 24.3 Å². The van der Waals surface area contributed by atoms with Crippen molar-refractivity contribution in [1.29, 1.82) is 0 Å². The smallest absolute Gasteiger partial charge is 0.343 e. The van der Waals surface area contributed by atoms with E-state index in [4.69, 9.17) is 4.74 Å². The first kappa shape index (κ1) is 18.0. The van der Waals surface area contributed by atoms with Crippen LogP contribution in [-0.2, 0) is 16.0 Å². The van der Waals surface area contributed by atoms with Gasteiger partial charge in [-0.15, -0.1) is 0 Å². The van der Waals surface area contributed by atoms with E-state index in [1.165, 1.54) is 11.3 Å². The molecule has 0 aromatic heterocycles. The van der Waals surface area contributed by atoms with E-state index in [0.29, 0.717) is 11.3 Å². The third kappa shape index (κ3) is 3.88. The number of cyclic esters (lactones) is 1. The summed E-state index contributed by atoms with van der Waals surface area (Å²) in [7, 11) is 0. The molecule has 0 aliphatic carbocycles. The minimum absolute atomic E-state index is 0.299. The maximum absolute atomic E-state index is 12.2. The summed E-state index contributed by atoms with van der Waals surface area (Å²) >= 11 is 0. The summed E-state index contributed by atoms with van der Waals surface area (Å²) in [6.07, 6.45) is 4.69. The molecule has 0 spiro atoms. The summed E-state index contributed by atoms with van der Waals surface area (Å²) in [4.78, 5) is 14.5. The van der Waals surface area contributed by atoms with Gasteiger partial charge in [0.15, 0.2) is 0 Å². The Morgan fingerprint density at radius 1 is 0.923 bits per heavy atom. The van der Waals surface area contributed by atoms with E-state index in [1.807, 2.05) is 36.4 Å². The lowest BCUT2D eigenvalue weighted by Crippen LogP contribution is -2.21. The first-order chi connectivity index (χ1) is 12.6. The average Bonchev–Trinajstić information content (AvgIpc) is 3.04. The first-order valence-corrected chi connectivity index (χ1v) is 9.24. The van der Waals surface area contributed by atoms with Crippen LogP contribution < -0.4 is 4.90 Å². The van der Waals surface area contributed by atoms with Crippen LogP contribution in [0.15, 0.2) is 60.2 Å². The number of hydrogen-bond donors (Lipinski definition) is 0. The molecule has 3 rings (SSSR count). The second-order valence-corrected chi connectivity index (χ2v) is 6.31. The van der Waals surface area contributed by atoms with Crippen molar-refractivity contribution in [1.82, 2.24) is 0 Å². The number of nitrogens with zero attached hydrogens (tertiary/aromatic N) is 1. The van der Waals surface area contributed by atoms with Crippen molar-refractivity contribution in [3.8, 4) is 0 Å². The molecule has 0 amide bonds. The fourth-order valence-electron chi connectivity index (χ4n) is 3.09. The van der Waals surface area contributed by atoms with Crippen LogP contribution in [0.3, 0.4) is 0 Å². The zero-order valence-corrected chi connectivity index (χ0v) is 15.7. The molecule has 3 nitrogen and oxygen atoms in total. The largest absolute Gasteiger partial charge is 0.422 e. The van der Waals surface area contributed by atoms with Gasteiger partial charge in [-0.25, -0.2) is 4.79 Å². The lowest BCUT2D eigenvalue weighted by atomic mass is 10.1. The number of rotatable bonds is 6. The highest BCUT2D eigenvalue weighted by atomic mass is 16.5. The Morgan fingerprint density at radius 2 is 1.58 bits per heavy atom. The van der Waals surface area contributed by atoms with E-state index in [-0.39, 0.29) is 5.97 Å². The summed E-state index contributed by atoms with van der Waals surface area (Å²) in [5.41, 5.74) is 4.96. The third-order valence-electron chi connectivity index (χ3n) is 4.72. The van der Waals surface area contributed by atoms with Gasteiger partial charge in [0.2, 0.25) is 0 Å². The number of ether oxygens (including phenoxy) is 1. The molecule has 2 aromatic rings. The molecular formula is C23H25NO2. The quantitative estimate of drug-likeness (QED) is 0.539. The van der Waals surface area contributed by atoms with Crippen LogP contribution in [0.1, 0.15) is 37.5 Å². The Morgan fingerprint density at radius 3 is 2.15 bits per heavy atom. The molecule has 0 radical (unpaired) electrons. The lowest BCUT2D eigenvalue weighted by Gasteiger charge is -2.20. The second-order valence-electron chi connectivity index (χ2n) is 6.31. The first-order valence-electron chi connectivity index (χ1n) is 9.24. The van der Waals surface area contributed by atoms with Crippen molar-refractivity contribution in [2.75, 3.05) is 18.0 Å². The number of carbonyl (C=O) groups excluding carboxylic acids is 1. The molecule has 0 atom stereocenters. The molecule has 3 heteroatoms. The highest BCUT2D eigenvalue weighted by Gasteiger charge is 2.21. The fourth-order valence-corrected chi connectivity index (χ4v) is 3.09. The van der Waals surface area contributed by atoms with E-state index < -0.39 is 0 Å². The van der Waals surface area contributed by atoms with Crippen LogP contribution >= 0.6 is 0 Å². The zero-order valence-electron chi connectivity index (χ0n) is 15.7. The van der Waals surface area contributed by atoms with Gasteiger partial charge in [-0.2, -0.15) is 0 Å². The van der Waals surface area contributed by atoms with Gasteiger partial charge in [-0.3, -0.25) is 0 Å². The summed E-state index contributed by atoms with van der Waals surface area (Å²) in [5, 5.41) is 0. The minimum atomic E-state index is -0.299. The molecule has 0 N–H and O–H groups in total. The monoisotopic (exact) mass is 347 g/mol. The van der Waals surface area contributed by atoms with Crippen LogP contribution in [0.5, 0.6) is 0 Å². The minimum Gasteiger partial charge on any atom is -0.422 e. The van der Waals surface area contributed by atoms with Crippen molar-refractivity contribution in [2.45, 2.75) is 27.2 Å². The fraction of sp³-hybridized carbons (Fsp3) is 0.261. The number of hydrogen-bond acceptors (Lipinski definition) is 3. The Kier molecular flexibility index (Phi) is 5.57. The van der Waals surface area contributed by atoms with Crippen molar-refractivity contribution < 1.29 is 9.53 Å². The molecule has 0 fully saturated rings. The van der Waals surface area contributed by atoms with E-state index in [1.54, 1.807) is 0 Å². The zero-order chi connectivity index (χ0) is 18.5. The van der Waals surface area contributed by atoms with Crippen molar-refractivity contribution in [3.63, 3.8) is 0 Å². The van der Waals surface area contributed by atoms with Gasteiger partial charge in [-0.1, -0.05) is 43.3 Å². The molecule has 2 aromatic carbocycles.